The summed E-state index contributed by atoms with van der Waals surface area (Å²) in [5.74, 6) is 0. The molecule has 180 valence electrons. The van der Waals surface area contributed by atoms with Crippen molar-refractivity contribution in [1.82, 2.24) is 19.5 Å². The van der Waals surface area contributed by atoms with Crippen LogP contribution in [0.3, 0.4) is 0 Å². The maximum Gasteiger partial charge on any atom is 0.319 e. The molecule has 0 atom stereocenters. The second kappa shape index (κ2) is 11.0. The Labute approximate surface area is 205 Å². The monoisotopic (exact) mass is 513 g/mol. The molecule has 1 aliphatic heterocycles. The predicted octanol–water partition coefficient (Wildman–Crippen LogP) is 3.91. The van der Waals surface area contributed by atoms with Gasteiger partial charge in [-0.05, 0) is 70.1 Å². The lowest BCUT2D eigenvalue weighted by molar-refractivity contribution is 0.170. The molecule has 0 bridgehead atoms. The summed E-state index contributed by atoms with van der Waals surface area (Å²) < 4.78 is 27.4. The molecule has 2 aromatic rings. The van der Waals surface area contributed by atoms with Crippen molar-refractivity contribution in [2.75, 3.05) is 38.5 Å². The molecule has 0 radical (unpaired) electrons. The molecule has 33 heavy (non-hydrogen) atoms. The predicted molar refractivity (Wildman–Crippen MR) is 132 cm³/mol. The van der Waals surface area contributed by atoms with Crippen molar-refractivity contribution < 1.29 is 13.2 Å². The number of sulfonamides is 1. The largest absolute Gasteiger partial charge is 0.337 e. The number of amides is 2. The number of hydrogen-bond acceptors (Lipinski definition) is 5. The number of nitrogens with zero attached hydrogens (tertiary/aromatic N) is 3. The van der Waals surface area contributed by atoms with Gasteiger partial charge in [0.05, 0.1) is 14.9 Å². The van der Waals surface area contributed by atoms with Gasteiger partial charge in [-0.2, -0.15) is 4.31 Å². The number of piperidine rings is 1. The molecule has 0 aliphatic carbocycles. The van der Waals surface area contributed by atoms with Gasteiger partial charge in [-0.1, -0.05) is 23.2 Å². The quantitative estimate of drug-likeness (QED) is 0.585. The van der Waals surface area contributed by atoms with E-state index < -0.39 is 10.0 Å². The highest BCUT2D eigenvalue weighted by Crippen LogP contribution is 2.28. The first kappa shape index (κ1) is 25.7. The summed E-state index contributed by atoms with van der Waals surface area (Å²) in [7, 11) is -2.05. The molecule has 0 spiro atoms. The molecule has 2 heterocycles. The van der Waals surface area contributed by atoms with E-state index in [0.29, 0.717) is 36.6 Å². The number of urea groups is 1. The first-order chi connectivity index (χ1) is 15.6. The summed E-state index contributed by atoms with van der Waals surface area (Å²) in [5, 5.41) is 6.22. The van der Waals surface area contributed by atoms with Crippen LogP contribution in [0.2, 0.25) is 10.0 Å². The number of rotatable bonds is 7. The van der Waals surface area contributed by atoms with E-state index in [2.05, 4.69) is 20.5 Å². The van der Waals surface area contributed by atoms with Gasteiger partial charge in [-0.25, -0.2) is 13.2 Å². The lowest BCUT2D eigenvalue weighted by atomic mass is 10.1. The molecule has 1 aromatic heterocycles. The average molecular weight is 514 g/mol. The van der Waals surface area contributed by atoms with E-state index in [1.807, 2.05) is 26.0 Å². The fourth-order valence-corrected chi connectivity index (χ4v) is 5.72. The van der Waals surface area contributed by atoms with Crippen LogP contribution in [0.5, 0.6) is 0 Å². The minimum absolute atomic E-state index is 0.102. The third kappa shape index (κ3) is 6.80. The van der Waals surface area contributed by atoms with Gasteiger partial charge in [0.15, 0.2) is 0 Å². The Kier molecular flexibility index (Phi) is 8.58. The first-order valence-corrected chi connectivity index (χ1v) is 12.9. The Morgan fingerprint density at radius 3 is 2.36 bits per heavy atom. The van der Waals surface area contributed by atoms with E-state index in [9.17, 15) is 13.2 Å². The van der Waals surface area contributed by atoms with Crippen LogP contribution in [0.15, 0.2) is 35.2 Å². The molecule has 2 amide bonds. The van der Waals surface area contributed by atoms with Gasteiger partial charge in [0.1, 0.15) is 0 Å². The molecule has 0 saturated carbocycles. The number of aryl methyl sites for hydroxylation is 2. The van der Waals surface area contributed by atoms with Gasteiger partial charge in [0, 0.05) is 43.3 Å². The fourth-order valence-electron chi connectivity index (χ4n) is 3.92. The van der Waals surface area contributed by atoms with Gasteiger partial charge >= 0.3 is 6.03 Å². The van der Waals surface area contributed by atoms with Gasteiger partial charge in [-0.15, -0.1) is 0 Å². The van der Waals surface area contributed by atoms with E-state index in [0.717, 1.165) is 24.5 Å². The van der Waals surface area contributed by atoms with E-state index in [1.165, 1.54) is 22.5 Å². The average Bonchev–Trinajstić information content (AvgIpc) is 2.74. The highest BCUT2D eigenvalue weighted by atomic mass is 35.5. The van der Waals surface area contributed by atoms with Crippen molar-refractivity contribution in [1.29, 1.82) is 0 Å². The summed E-state index contributed by atoms with van der Waals surface area (Å²) in [4.78, 5) is 18.8. The van der Waals surface area contributed by atoms with Gasteiger partial charge in [-0.3, -0.25) is 4.98 Å². The molecule has 2 N–H and O–H groups in total. The van der Waals surface area contributed by atoms with Crippen molar-refractivity contribution in [3.8, 4) is 0 Å². The number of hydrogen-bond donors (Lipinski definition) is 2. The van der Waals surface area contributed by atoms with Crippen LogP contribution < -0.4 is 10.6 Å². The Morgan fingerprint density at radius 1 is 1.12 bits per heavy atom. The second-order valence-corrected chi connectivity index (χ2v) is 11.0. The van der Waals surface area contributed by atoms with Crippen molar-refractivity contribution in [2.24, 2.45) is 0 Å². The molecule has 3 rings (SSSR count). The summed E-state index contributed by atoms with van der Waals surface area (Å²) in [6.07, 6.45) is 1.41. The Balaban J connectivity index is 1.44. The molecule has 0 unspecified atom stereocenters. The number of anilines is 1. The summed E-state index contributed by atoms with van der Waals surface area (Å²) in [6, 6.07) is 7.63. The first-order valence-electron chi connectivity index (χ1n) is 10.7. The highest BCUT2D eigenvalue weighted by molar-refractivity contribution is 7.89. The molecular formula is C22H29Cl2N5O3S. The topological polar surface area (TPSA) is 94.6 Å². The Morgan fingerprint density at radius 2 is 1.76 bits per heavy atom. The lowest BCUT2D eigenvalue weighted by Crippen LogP contribution is -2.47. The summed E-state index contributed by atoms with van der Waals surface area (Å²) in [5.41, 5.74) is 2.41. The normalized spacial score (nSPS) is 15.6. The molecule has 1 fully saturated rings. The molecule has 1 aromatic carbocycles. The number of carbonyl (C=O) groups is 1. The van der Waals surface area contributed by atoms with Crippen LogP contribution in [-0.2, 0) is 10.0 Å². The van der Waals surface area contributed by atoms with Crippen molar-refractivity contribution in [3.05, 3.63) is 51.8 Å². The lowest BCUT2D eigenvalue weighted by Gasteiger charge is -2.36. The van der Waals surface area contributed by atoms with Crippen molar-refractivity contribution in [2.45, 2.75) is 37.6 Å². The van der Waals surface area contributed by atoms with Crippen LogP contribution in [0, 0.1) is 13.8 Å². The number of likely N-dealkylation sites (tertiary alicyclic amines) is 1. The minimum Gasteiger partial charge on any atom is -0.337 e. The smallest absolute Gasteiger partial charge is 0.319 e. The van der Waals surface area contributed by atoms with Crippen LogP contribution >= 0.6 is 23.2 Å². The zero-order chi connectivity index (χ0) is 24.2. The van der Waals surface area contributed by atoms with Gasteiger partial charge < -0.3 is 15.5 Å². The zero-order valence-corrected chi connectivity index (χ0v) is 21.3. The molecule has 8 nitrogen and oxygen atoms in total. The van der Waals surface area contributed by atoms with E-state index in [1.54, 1.807) is 7.05 Å². The fraction of sp³-hybridized carbons (Fsp3) is 0.455. The zero-order valence-electron chi connectivity index (χ0n) is 18.9. The van der Waals surface area contributed by atoms with E-state index in [4.69, 9.17) is 23.2 Å². The molecule has 1 saturated heterocycles. The summed E-state index contributed by atoms with van der Waals surface area (Å²) in [6.45, 7) is 6.45. The highest BCUT2D eigenvalue weighted by Gasteiger charge is 2.31. The maximum atomic E-state index is 13.0. The number of carbonyl (C=O) groups excluding carboxylic acids is 1. The third-order valence-electron chi connectivity index (χ3n) is 5.69. The number of nitrogens with one attached hydrogen (secondary N) is 2. The Bertz CT molecular complexity index is 1080. The van der Waals surface area contributed by atoms with Gasteiger partial charge in [0.2, 0.25) is 10.0 Å². The van der Waals surface area contributed by atoms with E-state index >= 15 is 0 Å². The van der Waals surface area contributed by atoms with Crippen molar-refractivity contribution >= 4 is 44.9 Å². The SMILES string of the molecule is Cc1cc(NC(=O)NCCN2CCC(N(C)S(=O)(=O)c3ccc(Cl)c(Cl)c3)CC2)cc(C)n1. The van der Waals surface area contributed by atoms with Crippen LogP contribution in [-0.4, -0.2) is 67.9 Å². The van der Waals surface area contributed by atoms with Crippen LogP contribution in [0.4, 0.5) is 10.5 Å². The Hall–Kier alpha value is -1.91. The minimum atomic E-state index is -3.66. The third-order valence-corrected chi connectivity index (χ3v) is 8.34. The standard InChI is InChI=1S/C22H29Cl2N5O3S/c1-15-12-17(13-16(2)26-15)27-22(30)25-8-11-29-9-6-18(7-10-29)28(3)33(31,32)19-4-5-20(23)21(24)14-19/h4-5,12-14,18H,6-11H2,1-3H3,(H2,25,26,27,30). The number of benzene rings is 1. The molecule has 1 aliphatic rings. The molecular weight excluding hydrogens is 485 g/mol. The van der Waals surface area contributed by atoms with E-state index in [-0.39, 0.29) is 22.0 Å². The van der Waals surface area contributed by atoms with Crippen LogP contribution in [0.25, 0.3) is 0 Å². The van der Waals surface area contributed by atoms with Crippen LogP contribution in [0.1, 0.15) is 24.2 Å². The van der Waals surface area contributed by atoms with Gasteiger partial charge in [0.25, 0.3) is 0 Å². The van der Waals surface area contributed by atoms with Crippen molar-refractivity contribution in [3.63, 3.8) is 0 Å². The maximum absolute atomic E-state index is 13.0. The number of halogens is 2. The number of aromatic nitrogens is 1. The second-order valence-electron chi connectivity index (χ2n) is 8.19. The molecule has 11 heteroatoms. The summed E-state index contributed by atoms with van der Waals surface area (Å²) >= 11 is 11.9. The number of pyridine rings is 1.